The van der Waals surface area contributed by atoms with Crippen LogP contribution >= 0.6 is 0 Å². The molecule has 0 aromatic heterocycles. The van der Waals surface area contributed by atoms with Gasteiger partial charge in [-0.25, -0.2) is 9.18 Å². The molecule has 25 heavy (non-hydrogen) atoms. The Morgan fingerprint density at radius 3 is 2.48 bits per heavy atom. The van der Waals surface area contributed by atoms with E-state index in [1.165, 1.54) is 19.3 Å². The van der Waals surface area contributed by atoms with Crippen LogP contribution in [0.3, 0.4) is 0 Å². The topological polar surface area (TPSA) is 64.6 Å². The number of rotatable bonds is 7. The molecule has 0 fully saturated rings. The molecule has 0 aliphatic heterocycles. The molecular weight excluding hydrogens is 325 g/mol. The second kappa shape index (κ2) is 8.65. The van der Waals surface area contributed by atoms with Gasteiger partial charge in [-0.1, -0.05) is 13.0 Å². The summed E-state index contributed by atoms with van der Waals surface area (Å²) in [4.78, 5) is 23.7. The molecule has 1 amide bonds. The summed E-state index contributed by atoms with van der Waals surface area (Å²) >= 11 is 0. The van der Waals surface area contributed by atoms with Crippen molar-refractivity contribution in [1.82, 2.24) is 5.32 Å². The van der Waals surface area contributed by atoms with Crippen molar-refractivity contribution < 1.29 is 23.5 Å². The monoisotopic (exact) mass is 351 g/mol. The van der Waals surface area contributed by atoms with Gasteiger partial charge in [0.05, 0.1) is 12.6 Å². The number of esters is 1. The predicted molar refractivity (Wildman–Crippen MR) is 94.0 cm³/mol. The van der Waals surface area contributed by atoms with Crippen LogP contribution in [-0.4, -0.2) is 30.6 Å². The van der Waals surface area contributed by atoms with Gasteiger partial charge in [0.2, 0.25) is 0 Å². The van der Waals surface area contributed by atoms with E-state index in [4.69, 9.17) is 4.74 Å². The molecule has 0 spiro atoms. The van der Waals surface area contributed by atoms with Crippen molar-refractivity contribution in [3.63, 3.8) is 0 Å². The highest BCUT2D eigenvalue weighted by Crippen LogP contribution is 2.22. The summed E-state index contributed by atoms with van der Waals surface area (Å²) in [6, 6.07) is 2.98. The lowest BCUT2D eigenvalue weighted by molar-refractivity contribution is -0.135. The molecule has 1 atom stereocenters. The van der Waals surface area contributed by atoms with Crippen LogP contribution in [0.5, 0.6) is 5.75 Å². The van der Waals surface area contributed by atoms with Gasteiger partial charge >= 0.3 is 5.97 Å². The SMILES string of the molecule is CC[C@@H](Oc1cc(C)c(C)c(F)c1)C(=O)NC(C)(C)/C=C/C(=O)OC. The van der Waals surface area contributed by atoms with Crippen LogP contribution in [0.15, 0.2) is 24.3 Å². The average molecular weight is 351 g/mol. The highest BCUT2D eigenvalue weighted by molar-refractivity contribution is 5.84. The summed E-state index contributed by atoms with van der Waals surface area (Å²) in [6.45, 7) is 8.76. The largest absolute Gasteiger partial charge is 0.481 e. The molecule has 0 bridgehead atoms. The third-order valence-corrected chi connectivity index (χ3v) is 3.80. The van der Waals surface area contributed by atoms with Crippen LogP contribution in [0.4, 0.5) is 4.39 Å². The van der Waals surface area contributed by atoms with E-state index in [0.29, 0.717) is 17.7 Å². The first-order chi connectivity index (χ1) is 11.6. The van der Waals surface area contributed by atoms with Crippen LogP contribution in [0.1, 0.15) is 38.3 Å². The molecule has 0 unspecified atom stereocenters. The zero-order valence-electron chi connectivity index (χ0n) is 15.6. The summed E-state index contributed by atoms with van der Waals surface area (Å²) in [5.74, 6) is -0.908. The molecule has 1 aromatic carbocycles. The second-order valence-corrected chi connectivity index (χ2v) is 6.43. The molecule has 1 rings (SSSR count). The Morgan fingerprint density at radius 2 is 1.96 bits per heavy atom. The van der Waals surface area contributed by atoms with Gasteiger partial charge in [0, 0.05) is 12.1 Å². The van der Waals surface area contributed by atoms with Crippen molar-refractivity contribution in [3.05, 3.63) is 41.2 Å². The minimum Gasteiger partial charge on any atom is -0.481 e. The van der Waals surface area contributed by atoms with Crippen molar-refractivity contribution in [2.24, 2.45) is 0 Å². The summed E-state index contributed by atoms with van der Waals surface area (Å²) < 4.78 is 24.0. The lowest BCUT2D eigenvalue weighted by Gasteiger charge is -2.26. The number of hydrogen-bond acceptors (Lipinski definition) is 4. The van der Waals surface area contributed by atoms with Gasteiger partial charge in [-0.3, -0.25) is 4.79 Å². The van der Waals surface area contributed by atoms with Gasteiger partial charge in [-0.2, -0.15) is 0 Å². The minimum absolute atomic E-state index is 0.311. The van der Waals surface area contributed by atoms with Crippen molar-refractivity contribution in [2.75, 3.05) is 7.11 Å². The highest BCUT2D eigenvalue weighted by atomic mass is 19.1. The van der Waals surface area contributed by atoms with Crippen molar-refractivity contribution in [3.8, 4) is 5.75 Å². The lowest BCUT2D eigenvalue weighted by atomic mass is 10.0. The van der Waals surface area contributed by atoms with Crippen LogP contribution in [0, 0.1) is 19.7 Å². The first kappa shape index (κ1) is 20.7. The van der Waals surface area contributed by atoms with E-state index in [9.17, 15) is 14.0 Å². The summed E-state index contributed by atoms with van der Waals surface area (Å²) in [5, 5.41) is 2.80. The van der Waals surface area contributed by atoms with E-state index < -0.39 is 17.6 Å². The first-order valence-corrected chi connectivity index (χ1v) is 8.12. The number of ether oxygens (including phenoxy) is 2. The maximum atomic E-state index is 13.8. The second-order valence-electron chi connectivity index (χ2n) is 6.43. The molecule has 0 radical (unpaired) electrons. The van der Waals surface area contributed by atoms with Gasteiger partial charge in [-0.05, 0) is 51.3 Å². The zero-order chi connectivity index (χ0) is 19.2. The number of halogens is 1. The van der Waals surface area contributed by atoms with Crippen molar-refractivity contribution >= 4 is 11.9 Å². The lowest BCUT2D eigenvalue weighted by Crippen LogP contribution is -2.48. The molecule has 5 nitrogen and oxygen atoms in total. The Labute approximate surface area is 148 Å². The summed E-state index contributed by atoms with van der Waals surface area (Å²) in [6.07, 6.45) is 2.43. The standard InChI is InChI=1S/C19H26FNO4/c1-7-16(25-14-10-12(2)13(3)15(20)11-14)18(23)21-19(4,5)9-8-17(22)24-6/h8-11,16H,7H2,1-6H3,(H,21,23)/b9-8+/t16-/m1/s1. The molecule has 138 valence electrons. The van der Waals surface area contributed by atoms with Gasteiger partial charge in [-0.15, -0.1) is 0 Å². The van der Waals surface area contributed by atoms with Gasteiger partial charge < -0.3 is 14.8 Å². The van der Waals surface area contributed by atoms with E-state index in [1.54, 1.807) is 46.8 Å². The maximum Gasteiger partial charge on any atom is 0.330 e. The number of nitrogens with one attached hydrogen (secondary N) is 1. The van der Waals surface area contributed by atoms with E-state index in [0.717, 1.165) is 5.56 Å². The van der Waals surface area contributed by atoms with Crippen molar-refractivity contribution in [2.45, 2.75) is 52.7 Å². The molecule has 0 aliphatic rings. The molecule has 6 heteroatoms. The quantitative estimate of drug-likeness (QED) is 0.605. The van der Waals surface area contributed by atoms with Crippen LogP contribution in [0.2, 0.25) is 0 Å². The Hall–Kier alpha value is -2.37. The molecule has 0 heterocycles. The summed E-state index contributed by atoms with van der Waals surface area (Å²) in [5.41, 5.74) is 0.543. The van der Waals surface area contributed by atoms with E-state index in [-0.39, 0.29) is 11.7 Å². The average Bonchev–Trinajstić information content (AvgIpc) is 2.54. The zero-order valence-corrected chi connectivity index (χ0v) is 15.6. The van der Waals surface area contributed by atoms with Crippen LogP contribution in [-0.2, 0) is 14.3 Å². The number of amides is 1. The third-order valence-electron chi connectivity index (χ3n) is 3.80. The Morgan fingerprint density at radius 1 is 1.32 bits per heavy atom. The van der Waals surface area contributed by atoms with Gasteiger partial charge in [0.25, 0.3) is 5.91 Å². The predicted octanol–water partition coefficient (Wildman–Crippen LogP) is 3.22. The Bertz CT molecular complexity index is 644. The normalized spacial score (nSPS) is 12.8. The number of carbonyl (C=O) groups is 2. The molecule has 1 aromatic rings. The maximum absolute atomic E-state index is 13.8. The van der Waals surface area contributed by atoms with E-state index >= 15 is 0 Å². The fourth-order valence-corrected chi connectivity index (χ4v) is 2.12. The van der Waals surface area contributed by atoms with Gasteiger partial charge in [0.15, 0.2) is 6.10 Å². The Kier molecular flexibility index (Phi) is 7.15. The number of methoxy groups -OCH3 is 1. The first-order valence-electron chi connectivity index (χ1n) is 8.12. The number of aryl methyl sites for hydroxylation is 1. The molecular formula is C19H26FNO4. The van der Waals surface area contributed by atoms with E-state index in [1.807, 2.05) is 0 Å². The Balaban J connectivity index is 2.84. The van der Waals surface area contributed by atoms with E-state index in [2.05, 4.69) is 10.1 Å². The molecule has 0 saturated heterocycles. The number of carbonyl (C=O) groups excluding carboxylic acids is 2. The molecule has 1 N–H and O–H groups in total. The van der Waals surface area contributed by atoms with Crippen LogP contribution < -0.4 is 10.1 Å². The van der Waals surface area contributed by atoms with Crippen LogP contribution in [0.25, 0.3) is 0 Å². The number of hydrogen-bond donors (Lipinski definition) is 1. The fourth-order valence-electron chi connectivity index (χ4n) is 2.12. The molecule has 0 saturated carbocycles. The third kappa shape index (κ3) is 6.21. The highest BCUT2D eigenvalue weighted by Gasteiger charge is 2.25. The smallest absolute Gasteiger partial charge is 0.330 e. The minimum atomic E-state index is -0.771. The number of benzene rings is 1. The summed E-state index contributed by atoms with van der Waals surface area (Å²) in [7, 11) is 1.28. The fraction of sp³-hybridized carbons (Fsp3) is 0.474. The van der Waals surface area contributed by atoms with Gasteiger partial charge in [0.1, 0.15) is 11.6 Å². The van der Waals surface area contributed by atoms with Crippen molar-refractivity contribution in [1.29, 1.82) is 0 Å². The molecule has 0 aliphatic carbocycles.